The molecular weight excluding hydrogens is 278 g/mol. The van der Waals surface area contributed by atoms with E-state index >= 15 is 0 Å². The number of carbonyl (C=O) groups excluding carboxylic acids is 1. The number of thioether (sulfide) groups is 1. The van der Waals surface area contributed by atoms with E-state index in [4.69, 9.17) is 0 Å². The summed E-state index contributed by atoms with van der Waals surface area (Å²) in [5.74, 6) is 0.355. The summed E-state index contributed by atoms with van der Waals surface area (Å²) in [7, 11) is 0. The van der Waals surface area contributed by atoms with Gasteiger partial charge in [-0.3, -0.25) is 14.6 Å². The lowest BCUT2D eigenvalue weighted by molar-refractivity contribution is -0.130. The second-order valence-corrected chi connectivity index (χ2v) is 5.61. The van der Waals surface area contributed by atoms with Crippen LogP contribution in [-0.4, -0.2) is 69.4 Å². The van der Waals surface area contributed by atoms with Crippen molar-refractivity contribution in [1.82, 2.24) is 25.0 Å². The van der Waals surface area contributed by atoms with Crippen LogP contribution in [0.15, 0.2) is 9.95 Å². The summed E-state index contributed by atoms with van der Waals surface area (Å²) in [5, 5.41) is 7.99. The maximum atomic E-state index is 12.1. The monoisotopic (exact) mass is 297 g/mol. The number of nitrogens with one attached hydrogen (secondary N) is 1. The van der Waals surface area contributed by atoms with Gasteiger partial charge in [-0.15, -0.1) is 10.2 Å². The first-order valence-corrected chi connectivity index (χ1v) is 7.65. The van der Waals surface area contributed by atoms with Gasteiger partial charge in [0.25, 0.3) is 5.56 Å². The number of aromatic nitrogens is 3. The van der Waals surface area contributed by atoms with Crippen LogP contribution in [0.2, 0.25) is 0 Å². The predicted molar refractivity (Wildman–Crippen MR) is 76.8 cm³/mol. The summed E-state index contributed by atoms with van der Waals surface area (Å²) < 4.78 is 0. The molecule has 1 fully saturated rings. The van der Waals surface area contributed by atoms with E-state index in [9.17, 15) is 9.59 Å². The SMILES string of the molecule is CCN1CCN(C(=O)CSc2nnc(C)c(=O)[nH]2)CC1. The van der Waals surface area contributed by atoms with Crippen LogP contribution >= 0.6 is 11.8 Å². The molecule has 1 aromatic heterocycles. The highest BCUT2D eigenvalue weighted by atomic mass is 32.2. The number of aryl methyl sites for hydroxylation is 1. The fourth-order valence-electron chi connectivity index (χ4n) is 1.98. The molecule has 1 aliphatic rings. The van der Waals surface area contributed by atoms with Gasteiger partial charge in [0.15, 0.2) is 5.16 Å². The van der Waals surface area contributed by atoms with Crippen LogP contribution in [0, 0.1) is 6.92 Å². The van der Waals surface area contributed by atoms with Crippen LogP contribution in [0.4, 0.5) is 0 Å². The lowest BCUT2D eigenvalue weighted by Crippen LogP contribution is -2.49. The van der Waals surface area contributed by atoms with Gasteiger partial charge in [0.1, 0.15) is 5.69 Å². The summed E-state index contributed by atoms with van der Waals surface area (Å²) in [5.41, 5.74) is 0.0721. The highest BCUT2D eigenvalue weighted by Crippen LogP contribution is 2.12. The molecule has 0 bridgehead atoms. The Morgan fingerprint density at radius 3 is 2.60 bits per heavy atom. The topological polar surface area (TPSA) is 82.2 Å². The molecule has 0 saturated carbocycles. The second kappa shape index (κ2) is 6.85. The standard InChI is InChI=1S/C12H19N5O2S/c1-3-16-4-6-17(7-5-16)10(18)8-20-12-13-11(19)9(2)14-15-12/h3-8H2,1-2H3,(H,13,15,19). The molecule has 0 spiro atoms. The minimum absolute atomic E-state index is 0.0778. The van der Waals surface area contributed by atoms with Gasteiger partial charge < -0.3 is 9.80 Å². The molecule has 0 aromatic carbocycles. The van der Waals surface area contributed by atoms with Crippen LogP contribution in [0.3, 0.4) is 0 Å². The van der Waals surface area contributed by atoms with Gasteiger partial charge in [-0.05, 0) is 13.5 Å². The van der Waals surface area contributed by atoms with Crippen molar-refractivity contribution in [2.24, 2.45) is 0 Å². The lowest BCUT2D eigenvalue weighted by atomic mass is 10.3. The molecule has 0 atom stereocenters. The molecule has 1 N–H and O–H groups in total. The first-order valence-electron chi connectivity index (χ1n) is 6.66. The normalized spacial score (nSPS) is 16.4. The van der Waals surface area contributed by atoms with E-state index in [0.29, 0.717) is 10.9 Å². The average molecular weight is 297 g/mol. The average Bonchev–Trinajstić information content (AvgIpc) is 2.48. The lowest BCUT2D eigenvalue weighted by Gasteiger charge is -2.33. The van der Waals surface area contributed by atoms with Crippen molar-refractivity contribution >= 4 is 17.7 Å². The Bertz CT molecular complexity index is 525. The van der Waals surface area contributed by atoms with Gasteiger partial charge in [0.2, 0.25) is 5.91 Å². The smallest absolute Gasteiger partial charge is 0.273 e. The van der Waals surface area contributed by atoms with E-state index in [-0.39, 0.29) is 17.2 Å². The molecule has 1 saturated heterocycles. The Kier molecular flexibility index (Phi) is 5.13. The molecule has 2 heterocycles. The van der Waals surface area contributed by atoms with E-state index in [0.717, 1.165) is 32.7 Å². The quantitative estimate of drug-likeness (QED) is 0.770. The third-order valence-electron chi connectivity index (χ3n) is 3.34. The molecule has 8 heteroatoms. The van der Waals surface area contributed by atoms with E-state index < -0.39 is 0 Å². The Morgan fingerprint density at radius 1 is 1.30 bits per heavy atom. The minimum atomic E-state index is -0.258. The van der Waals surface area contributed by atoms with E-state index in [2.05, 4.69) is 27.0 Å². The van der Waals surface area contributed by atoms with Crippen LogP contribution in [0.5, 0.6) is 0 Å². The first kappa shape index (κ1) is 15.0. The van der Waals surface area contributed by atoms with Gasteiger partial charge in [0.05, 0.1) is 5.75 Å². The number of likely N-dealkylation sites (N-methyl/N-ethyl adjacent to an activating group) is 1. The summed E-state index contributed by atoms with van der Waals surface area (Å²) in [4.78, 5) is 30.2. The highest BCUT2D eigenvalue weighted by Gasteiger charge is 2.20. The van der Waals surface area contributed by atoms with Crippen molar-refractivity contribution in [3.05, 3.63) is 16.0 Å². The summed E-state index contributed by atoms with van der Waals surface area (Å²) in [6, 6.07) is 0. The van der Waals surface area contributed by atoms with Crippen molar-refractivity contribution in [3.8, 4) is 0 Å². The van der Waals surface area contributed by atoms with Crippen molar-refractivity contribution < 1.29 is 4.79 Å². The molecule has 2 rings (SSSR count). The molecule has 0 aliphatic carbocycles. The molecular formula is C12H19N5O2S. The summed E-state index contributed by atoms with van der Waals surface area (Å²) in [6.07, 6.45) is 0. The van der Waals surface area contributed by atoms with Gasteiger partial charge in [-0.2, -0.15) is 0 Å². The third-order valence-corrected chi connectivity index (χ3v) is 4.19. The Hall–Kier alpha value is -1.41. The van der Waals surface area contributed by atoms with Gasteiger partial charge in [-0.1, -0.05) is 18.7 Å². The van der Waals surface area contributed by atoms with E-state index in [1.165, 1.54) is 11.8 Å². The number of piperazine rings is 1. The maximum absolute atomic E-state index is 12.1. The minimum Gasteiger partial charge on any atom is -0.339 e. The zero-order chi connectivity index (χ0) is 14.5. The zero-order valence-corrected chi connectivity index (χ0v) is 12.6. The van der Waals surface area contributed by atoms with Crippen molar-refractivity contribution in [2.75, 3.05) is 38.5 Å². The molecule has 1 amide bonds. The number of amides is 1. The van der Waals surface area contributed by atoms with Crippen molar-refractivity contribution in [2.45, 2.75) is 19.0 Å². The first-order chi connectivity index (χ1) is 9.60. The fraction of sp³-hybridized carbons (Fsp3) is 0.667. The molecule has 0 unspecified atom stereocenters. The molecule has 7 nitrogen and oxygen atoms in total. The van der Waals surface area contributed by atoms with Crippen molar-refractivity contribution in [1.29, 1.82) is 0 Å². The summed E-state index contributed by atoms with van der Waals surface area (Å²) in [6.45, 7) is 8.13. The highest BCUT2D eigenvalue weighted by molar-refractivity contribution is 7.99. The number of nitrogens with zero attached hydrogens (tertiary/aromatic N) is 4. The van der Waals surface area contributed by atoms with Crippen LogP contribution in [-0.2, 0) is 4.79 Å². The summed E-state index contributed by atoms with van der Waals surface area (Å²) >= 11 is 1.22. The number of hydrogen-bond acceptors (Lipinski definition) is 6. The second-order valence-electron chi connectivity index (χ2n) is 4.65. The van der Waals surface area contributed by atoms with Crippen molar-refractivity contribution in [3.63, 3.8) is 0 Å². The van der Waals surface area contributed by atoms with E-state index in [1.807, 2.05) is 4.90 Å². The van der Waals surface area contributed by atoms with Gasteiger partial charge >= 0.3 is 0 Å². The molecule has 1 aromatic rings. The maximum Gasteiger partial charge on any atom is 0.273 e. The molecule has 1 aliphatic heterocycles. The number of carbonyl (C=O) groups is 1. The number of rotatable bonds is 4. The Morgan fingerprint density at radius 2 is 2.00 bits per heavy atom. The zero-order valence-electron chi connectivity index (χ0n) is 11.8. The number of H-pyrrole nitrogens is 1. The van der Waals surface area contributed by atoms with Gasteiger partial charge in [0, 0.05) is 26.2 Å². The third kappa shape index (κ3) is 3.80. The number of aromatic amines is 1. The van der Waals surface area contributed by atoms with Crippen LogP contribution in [0.25, 0.3) is 0 Å². The Balaban J connectivity index is 1.83. The van der Waals surface area contributed by atoms with Gasteiger partial charge in [-0.25, -0.2) is 0 Å². The van der Waals surface area contributed by atoms with E-state index in [1.54, 1.807) is 6.92 Å². The molecule has 110 valence electrons. The van der Waals surface area contributed by atoms with Crippen LogP contribution < -0.4 is 5.56 Å². The van der Waals surface area contributed by atoms with Crippen LogP contribution in [0.1, 0.15) is 12.6 Å². The Labute approximate surface area is 121 Å². The largest absolute Gasteiger partial charge is 0.339 e. The molecule has 0 radical (unpaired) electrons. The molecule has 20 heavy (non-hydrogen) atoms. The fourth-order valence-corrected chi connectivity index (χ4v) is 2.68. The predicted octanol–water partition coefficient (Wildman–Crippen LogP) is -0.270. The number of hydrogen-bond donors (Lipinski definition) is 1.